The first-order valence-electron chi connectivity index (χ1n) is 12.1. The number of carbonyl (C=O) groups is 2. The molecule has 1 N–H and O–H groups in total. The van der Waals surface area contributed by atoms with E-state index >= 15 is 0 Å². The van der Waals surface area contributed by atoms with Crippen LogP contribution in [0.15, 0.2) is 76.6 Å². The van der Waals surface area contributed by atoms with Gasteiger partial charge in [0.15, 0.2) is 0 Å². The van der Waals surface area contributed by atoms with E-state index in [2.05, 4.69) is 4.98 Å². The van der Waals surface area contributed by atoms with E-state index in [1.165, 1.54) is 6.07 Å². The average molecular weight is 637 g/mol. The lowest BCUT2D eigenvalue weighted by molar-refractivity contribution is -0.137. The number of imide groups is 1. The fraction of sp³-hybridized carbons (Fsp3) is 0.179. The van der Waals surface area contributed by atoms with Gasteiger partial charge in [-0.1, -0.05) is 64.5 Å². The number of amides is 2. The number of fused-ring (bicyclic) bond motifs is 2. The summed E-state index contributed by atoms with van der Waals surface area (Å²) in [5, 5.41) is 0.278. The number of anilines is 1. The molecule has 3 aromatic carbocycles. The molecule has 0 bridgehead atoms. The smallest absolute Gasteiger partial charge is 0.416 e. The fourth-order valence-corrected chi connectivity index (χ4v) is 8.01. The normalized spacial score (nSPS) is 20.2. The molecule has 0 radical (unpaired) electrons. The fourth-order valence-electron chi connectivity index (χ4n) is 5.11. The topological polar surface area (TPSA) is 79.5 Å². The number of aromatic amines is 1. The first kappa shape index (κ1) is 27.9. The molecule has 13 heteroatoms. The van der Waals surface area contributed by atoms with Gasteiger partial charge in [-0.2, -0.15) is 13.2 Å². The maximum Gasteiger partial charge on any atom is 0.416 e. The number of hydrogen-bond donors (Lipinski definition) is 1. The molecule has 6 rings (SSSR count). The van der Waals surface area contributed by atoms with Crippen LogP contribution in [0.25, 0.3) is 0 Å². The summed E-state index contributed by atoms with van der Waals surface area (Å²) in [6.07, 6.45) is -4.66. The SMILES string of the molecule is O=C1C2Sc3[nH]c(=O)sc3[C@H](c3cc(Cl)ccc3OCc3cccc(Cl)c3)C2C(=O)N1c1cccc(C(F)(F)F)c1. The number of ether oxygens (including phenoxy) is 1. The van der Waals surface area contributed by atoms with Gasteiger partial charge in [0, 0.05) is 26.4 Å². The van der Waals surface area contributed by atoms with E-state index < -0.39 is 40.6 Å². The molecule has 2 unspecified atom stereocenters. The number of rotatable bonds is 5. The Morgan fingerprint density at radius 3 is 2.44 bits per heavy atom. The zero-order valence-corrected chi connectivity index (χ0v) is 23.7. The molecule has 0 aliphatic carbocycles. The van der Waals surface area contributed by atoms with Crippen LogP contribution in [0.4, 0.5) is 18.9 Å². The van der Waals surface area contributed by atoms with Crippen molar-refractivity contribution in [3.8, 4) is 5.75 Å². The van der Waals surface area contributed by atoms with Crippen molar-refractivity contribution >= 4 is 63.8 Å². The Labute approximate surface area is 249 Å². The van der Waals surface area contributed by atoms with Crippen LogP contribution < -0.4 is 14.5 Å². The second-order valence-corrected chi connectivity index (χ2v) is 12.4. The molecule has 4 aromatic rings. The molecule has 0 saturated carbocycles. The van der Waals surface area contributed by atoms with Gasteiger partial charge in [-0.3, -0.25) is 14.4 Å². The monoisotopic (exact) mass is 636 g/mol. The number of benzene rings is 3. The number of nitrogens with one attached hydrogen (secondary N) is 1. The highest BCUT2D eigenvalue weighted by atomic mass is 35.5. The van der Waals surface area contributed by atoms with Crippen molar-refractivity contribution in [2.75, 3.05) is 4.90 Å². The van der Waals surface area contributed by atoms with Crippen LogP contribution in [-0.4, -0.2) is 22.0 Å². The molecule has 1 saturated heterocycles. The third-order valence-corrected chi connectivity index (χ3v) is 9.72. The Hall–Kier alpha value is -3.25. The lowest BCUT2D eigenvalue weighted by Crippen LogP contribution is -2.32. The summed E-state index contributed by atoms with van der Waals surface area (Å²) in [4.78, 5) is 43.7. The van der Waals surface area contributed by atoms with Gasteiger partial charge in [-0.15, -0.1) is 0 Å². The van der Waals surface area contributed by atoms with Gasteiger partial charge < -0.3 is 9.72 Å². The molecule has 6 nitrogen and oxygen atoms in total. The summed E-state index contributed by atoms with van der Waals surface area (Å²) >= 11 is 14.4. The molecule has 2 amide bonds. The Morgan fingerprint density at radius 1 is 0.927 bits per heavy atom. The van der Waals surface area contributed by atoms with E-state index in [0.29, 0.717) is 31.3 Å². The third kappa shape index (κ3) is 5.16. The maximum atomic E-state index is 14.0. The standard InChI is InChI=1S/C28H17Cl2F3N2O4S2/c29-15-5-1-3-13(9-15)12-39-19-8-7-16(30)11-18(19)20-21-23(40-24-22(20)41-27(38)34-24)26(37)35(25(21)36)17-6-2-4-14(10-17)28(31,32)33/h1-11,20-21,23H,12H2,(H,34,38)/t20-,21?,23?/m1/s1. The van der Waals surface area contributed by atoms with Crippen molar-refractivity contribution in [2.45, 2.75) is 29.0 Å². The number of aromatic nitrogens is 1. The van der Waals surface area contributed by atoms with Crippen LogP contribution in [-0.2, 0) is 22.4 Å². The predicted molar refractivity (Wildman–Crippen MR) is 151 cm³/mol. The Morgan fingerprint density at radius 2 is 1.68 bits per heavy atom. The van der Waals surface area contributed by atoms with Gasteiger partial charge in [0.1, 0.15) is 17.6 Å². The molecule has 1 fully saturated rings. The number of nitrogens with zero attached hydrogens (tertiary/aromatic N) is 1. The number of carbonyl (C=O) groups excluding carboxylic acids is 2. The summed E-state index contributed by atoms with van der Waals surface area (Å²) in [7, 11) is 0. The average Bonchev–Trinajstić information content (AvgIpc) is 3.41. The van der Waals surface area contributed by atoms with Gasteiger partial charge in [0.2, 0.25) is 11.8 Å². The second-order valence-electron chi connectivity index (χ2n) is 9.41. The van der Waals surface area contributed by atoms with Gasteiger partial charge in [-0.25, -0.2) is 4.90 Å². The lowest BCUT2D eigenvalue weighted by atomic mass is 9.82. The van der Waals surface area contributed by atoms with E-state index in [-0.39, 0.29) is 17.2 Å². The largest absolute Gasteiger partial charge is 0.489 e. The number of thioether (sulfide) groups is 1. The van der Waals surface area contributed by atoms with Crippen LogP contribution in [0.1, 0.15) is 27.5 Å². The summed E-state index contributed by atoms with van der Waals surface area (Å²) in [5.41, 5.74) is 0.0947. The van der Waals surface area contributed by atoms with Crippen molar-refractivity contribution < 1.29 is 27.5 Å². The van der Waals surface area contributed by atoms with E-state index in [1.807, 2.05) is 6.07 Å². The zero-order valence-electron chi connectivity index (χ0n) is 20.6. The summed E-state index contributed by atoms with van der Waals surface area (Å²) in [6, 6.07) is 16.0. The van der Waals surface area contributed by atoms with Crippen molar-refractivity contribution in [1.82, 2.24) is 4.98 Å². The molecule has 3 atom stereocenters. The number of H-pyrrole nitrogens is 1. The predicted octanol–water partition coefficient (Wildman–Crippen LogP) is 7.14. The van der Waals surface area contributed by atoms with E-state index in [1.54, 1.807) is 36.4 Å². The number of hydrogen-bond acceptors (Lipinski definition) is 6. The summed E-state index contributed by atoms with van der Waals surface area (Å²) in [5.74, 6) is -2.84. The van der Waals surface area contributed by atoms with Gasteiger partial charge >= 0.3 is 11.0 Å². The minimum atomic E-state index is -4.66. The van der Waals surface area contributed by atoms with Crippen molar-refractivity contribution in [3.05, 3.63) is 108 Å². The van der Waals surface area contributed by atoms with Crippen molar-refractivity contribution in [2.24, 2.45) is 5.92 Å². The first-order chi connectivity index (χ1) is 19.5. The van der Waals surface area contributed by atoms with E-state index in [4.69, 9.17) is 27.9 Å². The number of alkyl halides is 3. The number of thiazole rings is 1. The Bertz CT molecular complexity index is 1760. The van der Waals surface area contributed by atoms with Crippen LogP contribution >= 0.6 is 46.3 Å². The highest BCUT2D eigenvalue weighted by Crippen LogP contribution is 2.55. The molecule has 210 valence electrons. The molecule has 1 aromatic heterocycles. The minimum Gasteiger partial charge on any atom is -0.489 e. The van der Waals surface area contributed by atoms with Crippen LogP contribution in [0.3, 0.4) is 0 Å². The van der Waals surface area contributed by atoms with Crippen LogP contribution in [0, 0.1) is 5.92 Å². The lowest BCUT2D eigenvalue weighted by Gasteiger charge is -2.31. The highest BCUT2D eigenvalue weighted by molar-refractivity contribution is 8.00. The third-order valence-electron chi connectivity index (χ3n) is 6.85. The van der Waals surface area contributed by atoms with Crippen LogP contribution in [0.5, 0.6) is 5.75 Å². The van der Waals surface area contributed by atoms with Gasteiger partial charge in [-0.05, 0) is 54.1 Å². The highest BCUT2D eigenvalue weighted by Gasteiger charge is 2.57. The zero-order chi connectivity index (χ0) is 29.1. The molecular formula is C28H17Cl2F3N2O4S2. The maximum absolute atomic E-state index is 14.0. The molecule has 0 spiro atoms. The minimum absolute atomic E-state index is 0.129. The van der Waals surface area contributed by atoms with Gasteiger partial charge in [0.25, 0.3) is 0 Å². The molecule has 3 heterocycles. The van der Waals surface area contributed by atoms with E-state index in [9.17, 15) is 27.6 Å². The summed E-state index contributed by atoms with van der Waals surface area (Å²) in [6.45, 7) is 0.129. The number of halogens is 5. The van der Waals surface area contributed by atoms with Crippen molar-refractivity contribution in [1.29, 1.82) is 0 Å². The molecule has 2 aliphatic rings. The quantitative estimate of drug-likeness (QED) is 0.236. The Kier molecular flexibility index (Phi) is 7.17. The first-order valence-corrected chi connectivity index (χ1v) is 14.6. The van der Waals surface area contributed by atoms with Gasteiger partial charge in [0.05, 0.1) is 22.2 Å². The molecular weight excluding hydrogens is 620 g/mol. The summed E-state index contributed by atoms with van der Waals surface area (Å²) < 4.78 is 46.5. The van der Waals surface area contributed by atoms with Crippen LogP contribution in [0.2, 0.25) is 10.0 Å². The molecule has 41 heavy (non-hydrogen) atoms. The Balaban J connectivity index is 1.44. The van der Waals surface area contributed by atoms with E-state index in [0.717, 1.165) is 51.8 Å². The molecule has 2 aliphatic heterocycles. The second kappa shape index (κ2) is 10.5. The van der Waals surface area contributed by atoms with Crippen molar-refractivity contribution in [3.63, 3.8) is 0 Å².